The summed E-state index contributed by atoms with van der Waals surface area (Å²) in [5, 5.41) is 3.58. The van der Waals surface area contributed by atoms with Crippen LogP contribution >= 0.6 is 0 Å². The van der Waals surface area contributed by atoms with Gasteiger partial charge in [0.25, 0.3) is 10.0 Å². The van der Waals surface area contributed by atoms with Crippen molar-refractivity contribution in [3.05, 3.63) is 12.1 Å². The van der Waals surface area contributed by atoms with Crippen LogP contribution in [0.4, 0.5) is 4.39 Å². The molecule has 7 nitrogen and oxygen atoms in total. The van der Waals surface area contributed by atoms with E-state index in [9.17, 15) is 12.8 Å². The zero-order valence-electron chi connectivity index (χ0n) is 10.9. The predicted molar refractivity (Wildman–Crippen MR) is 67.1 cm³/mol. The molecule has 0 unspecified atom stereocenters. The lowest BCUT2D eigenvalue weighted by atomic mass is 10.1. The maximum atomic E-state index is 13.5. The highest BCUT2D eigenvalue weighted by atomic mass is 32.2. The van der Waals surface area contributed by atoms with E-state index >= 15 is 0 Å². The van der Waals surface area contributed by atoms with Crippen molar-refractivity contribution in [3.63, 3.8) is 0 Å². The third-order valence-electron chi connectivity index (χ3n) is 3.24. The summed E-state index contributed by atoms with van der Waals surface area (Å²) < 4.78 is 38.2. The van der Waals surface area contributed by atoms with E-state index in [4.69, 9.17) is 0 Å². The van der Waals surface area contributed by atoms with E-state index in [1.165, 1.54) is 7.05 Å². The molecule has 0 saturated carbocycles. The number of sulfonamides is 1. The largest absolute Gasteiger partial charge is 0.306 e. The third kappa shape index (κ3) is 3.30. The smallest absolute Gasteiger partial charge is 0.259 e. The van der Waals surface area contributed by atoms with E-state index in [-0.39, 0.29) is 6.04 Å². The van der Waals surface area contributed by atoms with Crippen LogP contribution in [0.2, 0.25) is 0 Å². The molecule has 1 aliphatic heterocycles. The highest BCUT2D eigenvalue weighted by molar-refractivity contribution is 7.89. The standard InChI is InChI=1S/C10H18FN5O2S/c1-15-5-3-8(4-6-15)13-14-19(17,18)9-7-12-16(2)10(9)11/h7-8,13-14H,3-6H2,1-2H3. The lowest BCUT2D eigenvalue weighted by molar-refractivity contribution is 0.231. The number of piperidine rings is 1. The van der Waals surface area contributed by atoms with Crippen LogP contribution < -0.4 is 10.3 Å². The Morgan fingerprint density at radius 2 is 2.00 bits per heavy atom. The van der Waals surface area contributed by atoms with Crippen molar-refractivity contribution in [2.24, 2.45) is 7.05 Å². The molecule has 108 valence electrons. The van der Waals surface area contributed by atoms with Crippen molar-refractivity contribution in [3.8, 4) is 0 Å². The minimum atomic E-state index is -3.92. The fourth-order valence-electron chi connectivity index (χ4n) is 1.95. The molecule has 0 aliphatic carbocycles. The van der Waals surface area contributed by atoms with Crippen LogP contribution in [0.25, 0.3) is 0 Å². The van der Waals surface area contributed by atoms with Crippen LogP contribution in [0, 0.1) is 5.95 Å². The highest BCUT2D eigenvalue weighted by Gasteiger charge is 2.24. The number of likely N-dealkylation sites (tertiary alicyclic amines) is 1. The zero-order chi connectivity index (χ0) is 14.0. The van der Waals surface area contributed by atoms with Gasteiger partial charge in [-0.25, -0.2) is 18.5 Å². The first-order valence-corrected chi connectivity index (χ1v) is 7.52. The SMILES string of the molecule is CN1CCC(NNS(=O)(=O)c2cnn(C)c2F)CC1. The van der Waals surface area contributed by atoms with E-state index in [1.54, 1.807) is 0 Å². The average molecular weight is 291 g/mol. The minimum absolute atomic E-state index is 0.0608. The summed E-state index contributed by atoms with van der Waals surface area (Å²) in [6.07, 6.45) is 2.68. The Kier molecular flexibility index (Phi) is 4.19. The number of nitrogens with zero attached hydrogens (tertiary/aromatic N) is 3. The fraction of sp³-hybridized carbons (Fsp3) is 0.700. The van der Waals surface area contributed by atoms with Gasteiger partial charge in [0.15, 0.2) is 4.90 Å². The first-order chi connectivity index (χ1) is 8.90. The van der Waals surface area contributed by atoms with Crippen LogP contribution in [-0.4, -0.2) is 49.3 Å². The average Bonchev–Trinajstić information content (AvgIpc) is 2.70. The van der Waals surface area contributed by atoms with Crippen LogP contribution in [0.1, 0.15) is 12.8 Å². The van der Waals surface area contributed by atoms with Crippen LogP contribution in [0.3, 0.4) is 0 Å². The second-order valence-electron chi connectivity index (χ2n) is 4.75. The Bertz CT molecular complexity index is 536. The summed E-state index contributed by atoms with van der Waals surface area (Å²) in [4.78, 5) is 3.95. The van der Waals surface area contributed by atoms with E-state index in [1.807, 2.05) is 7.05 Å². The van der Waals surface area contributed by atoms with Gasteiger partial charge in [-0.3, -0.25) is 0 Å². The molecule has 2 rings (SSSR count). The first kappa shape index (κ1) is 14.4. The molecule has 1 fully saturated rings. The molecule has 0 atom stereocenters. The van der Waals surface area contributed by atoms with Gasteiger partial charge in [-0.2, -0.15) is 9.49 Å². The quantitative estimate of drug-likeness (QED) is 0.727. The van der Waals surface area contributed by atoms with Gasteiger partial charge in [0, 0.05) is 13.1 Å². The van der Waals surface area contributed by atoms with Gasteiger partial charge in [0.05, 0.1) is 6.20 Å². The molecule has 0 bridgehead atoms. The Hall–Kier alpha value is -1.03. The number of nitrogens with one attached hydrogen (secondary N) is 2. The highest BCUT2D eigenvalue weighted by Crippen LogP contribution is 2.12. The van der Waals surface area contributed by atoms with Gasteiger partial charge in [0.2, 0.25) is 5.95 Å². The molecule has 1 aliphatic rings. The maximum Gasteiger partial charge on any atom is 0.259 e. The van der Waals surface area contributed by atoms with E-state index in [0.717, 1.165) is 36.8 Å². The number of aryl methyl sites for hydroxylation is 1. The first-order valence-electron chi connectivity index (χ1n) is 6.03. The second kappa shape index (κ2) is 5.53. The van der Waals surface area contributed by atoms with E-state index in [2.05, 4.69) is 20.3 Å². The molecule has 0 aromatic carbocycles. The molecule has 2 heterocycles. The van der Waals surface area contributed by atoms with Crippen molar-refractivity contribution >= 4 is 10.0 Å². The van der Waals surface area contributed by atoms with Crippen molar-refractivity contribution in [2.45, 2.75) is 23.8 Å². The van der Waals surface area contributed by atoms with Gasteiger partial charge in [0.1, 0.15) is 0 Å². The van der Waals surface area contributed by atoms with Crippen LogP contribution in [0.15, 0.2) is 11.1 Å². The minimum Gasteiger partial charge on any atom is -0.306 e. The number of hydrazine groups is 1. The van der Waals surface area contributed by atoms with E-state index < -0.39 is 20.9 Å². The van der Waals surface area contributed by atoms with Gasteiger partial charge in [-0.1, -0.05) is 0 Å². The number of rotatable bonds is 4. The Morgan fingerprint density at radius 3 is 2.53 bits per heavy atom. The normalized spacial score (nSPS) is 18.9. The van der Waals surface area contributed by atoms with Gasteiger partial charge < -0.3 is 4.90 Å². The molecular weight excluding hydrogens is 273 g/mol. The number of hydrogen-bond acceptors (Lipinski definition) is 5. The predicted octanol–water partition coefficient (Wildman–Crippen LogP) is -0.564. The second-order valence-corrected chi connectivity index (χ2v) is 6.40. The molecule has 0 radical (unpaired) electrons. The lowest BCUT2D eigenvalue weighted by Gasteiger charge is -2.29. The topological polar surface area (TPSA) is 79.3 Å². The molecule has 9 heteroatoms. The van der Waals surface area contributed by atoms with Crippen molar-refractivity contribution in [2.75, 3.05) is 20.1 Å². The number of halogens is 1. The Balaban J connectivity index is 1.97. The number of hydrogen-bond donors (Lipinski definition) is 2. The molecule has 1 aromatic heterocycles. The van der Waals surface area contributed by atoms with Gasteiger partial charge in [-0.15, -0.1) is 4.83 Å². The number of aromatic nitrogens is 2. The summed E-state index contributed by atoms with van der Waals surface area (Å²) in [6, 6.07) is 0.0608. The summed E-state index contributed by atoms with van der Waals surface area (Å²) in [7, 11) is -0.551. The van der Waals surface area contributed by atoms with Crippen LogP contribution in [-0.2, 0) is 17.1 Å². The summed E-state index contributed by atoms with van der Waals surface area (Å²) >= 11 is 0. The van der Waals surface area contributed by atoms with Crippen molar-refractivity contribution in [1.29, 1.82) is 0 Å². The monoisotopic (exact) mass is 291 g/mol. The van der Waals surface area contributed by atoms with Gasteiger partial charge >= 0.3 is 0 Å². The molecule has 2 N–H and O–H groups in total. The molecular formula is C10H18FN5O2S. The van der Waals surface area contributed by atoms with E-state index in [0.29, 0.717) is 0 Å². The zero-order valence-corrected chi connectivity index (χ0v) is 11.7. The third-order valence-corrected chi connectivity index (χ3v) is 4.48. The Morgan fingerprint density at radius 1 is 1.37 bits per heavy atom. The van der Waals surface area contributed by atoms with Crippen LogP contribution in [0.5, 0.6) is 0 Å². The molecule has 1 saturated heterocycles. The van der Waals surface area contributed by atoms with Crippen molar-refractivity contribution < 1.29 is 12.8 Å². The summed E-state index contributed by atoms with van der Waals surface area (Å²) in [5.74, 6) is -0.877. The molecule has 0 spiro atoms. The molecule has 0 amide bonds. The van der Waals surface area contributed by atoms with Gasteiger partial charge in [-0.05, 0) is 33.0 Å². The Labute approximate surface area is 111 Å². The van der Waals surface area contributed by atoms with Crippen molar-refractivity contribution in [1.82, 2.24) is 24.9 Å². The fourth-order valence-corrected chi connectivity index (χ4v) is 2.92. The molecule has 1 aromatic rings. The molecule has 19 heavy (non-hydrogen) atoms. The summed E-state index contributed by atoms with van der Waals surface area (Å²) in [6.45, 7) is 1.81. The lowest BCUT2D eigenvalue weighted by Crippen LogP contribution is -2.48. The summed E-state index contributed by atoms with van der Waals surface area (Å²) in [5.41, 5.74) is 2.75. The maximum absolute atomic E-state index is 13.5.